The highest BCUT2D eigenvalue weighted by Gasteiger charge is 2.12. The standard InChI is InChI=1S/C16H24N2O/c1-13(2)14(3)18(4)10-5-11-19-16-8-6-15(12-17)7-9-16/h6-9,13-14H,5,10-11H2,1-4H3. The molecule has 1 rings (SSSR count). The summed E-state index contributed by atoms with van der Waals surface area (Å²) in [5, 5.41) is 8.70. The lowest BCUT2D eigenvalue weighted by Crippen LogP contribution is -2.34. The largest absolute Gasteiger partial charge is 0.494 e. The highest BCUT2D eigenvalue weighted by atomic mass is 16.5. The summed E-state index contributed by atoms with van der Waals surface area (Å²) in [6.07, 6.45) is 1.01. The predicted molar refractivity (Wildman–Crippen MR) is 78.2 cm³/mol. The summed E-state index contributed by atoms with van der Waals surface area (Å²) < 4.78 is 5.66. The first-order valence-corrected chi connectivity index (χ1v) is 6.87. The van der Waals surface area contributed by atoms with Crippen LogP contribution in [0.3, 0.4) is 0 Å². The first kappa shape index (κ1) is 15.5. The zero-order valence-electron chi connectivity index (χ0n) is 12.4. The van der Waals surface area contributed by atoms with Crippen LogP contribution < -0.4 is 4.74 Å². The maximum absolute atomic E-state index is 8.70. The van der Waals surface area contributed by atoms with Crippen LogP contribution in [0.5, 0.6) is 5.75 Å². The fourth-order valence-corrected chi connectivity index (χ4v) is 1.84. The third-order valence-corrected chi connectivity index (χ3v) is 3.57. The molecule has 0 aliphatic rings. The Morgan fingerprint density at radius 2 is 1.84 bits per heavy atom. The third kappa shape index (κ3) is 5.32. The number of hydrogen-bond donors (Lipinski definition) is 0. The number of rotatable bonds is 7. The van der Waals surface area contributed by atoms with Crippen molar-refractivity contribution in [2.45, 2.75) is 33.2 Å². The zero-order chi connectivity index (χ0) is 14.3. The Kier molecular flexibility index (Phi) is 6.38. The van der Waals surface area contributed by atoms with E-state index in [0.29, 0.717) is 24.1 Å². The normalized spacial score (nSPS) is 12.5. The van der Waals surface area contributed by atoms with Crippen molar-refractivity contribution in [3.05, 3.63) is 29.8 Å². The SMILES string of the molecule is CC(C)C(C)N(C)CCCOc1ccc(C#N)cc1. The molecule has 1 aromatic carbocycles. The predicted octanol–water partition coefficient (Wildman–Crippen LogP) is 3.30. The van der Waals surface area contributed by atoms with Crippen LogP contribution >= 0.6 is 0 Å². The van der Waals surface area contributed by atoms with E-state index in [2.05, 4.69) is 38.8 Å². The Bertz CT molecular complexity index is 406. The van der Waals surface area contributed by atoms with E-state index in [4.69, 9.17) is 10.00 Å². The molecule has 1 atom stereocenters. The van der Waals surface area contributed by atoms with E-state index in [0.717, 1.165) is 18.7 Å². The van der Waals surface area contributed by atoms with Gasteiger partial charge in [-0.2, -0.15) is 5.26 Å². The minimum atomic E-state index is 0.593. The van der Waals surface area contributed by atoms with Crippen molar-refractivity contribution >= 4 is 0 Å². The molecule has 1 unspecified atom stereocenters. The van der Waals surface area contributed by atoms with E-state index in [1.54, 1.807) is 12.1 Å². The lowest BCUT2D eigenvalue weighted by Gasteiger charge is -2.27. The highest BCUT2D eigenvalue weighted by Crippen LogP contribution is 2.12. The van der Waals surface area contributed by atoms with Crippen molar-refractivity contribution in [3.63, 3.8) is 0 Å². The number of nitriles is 1. The monoisotopic (exact) mass is 260 g/mol. The maximum atomic E-state index is 8.70. The second-order valence-corrected chi connectivity index (χ2v) is 5.30. The van der Waals surface area contributed by atoms with Crippen LogP contribution in [0.15, 0.2) is 24.3 Å². The van der Waals surface area contributed by atoms with Gasteiger partial charge in [-0.15, -0.1) is 0 Å². The molecule has 0 aliphatic carbocycles. The Hall–Kier alpha value is -1.53. The van der Waals surface area contributed by atoms with Gasteiger partial charge in [-0.05, 0) is 50.6 Å². The Balaban J connectivity index is 2.25. The van der Waals surface area contributed by atoms with E-state index < -0.39 is 0 Å². The zero-order valence-corrected chi connectivity index (χ0v) is 12.4. The molecule has 0 aliphatic heterocycles. The van der Waals surface area contributed by atoms with Gasteiger partial charge < -0.3 is 9.64 Å². The molecule has 0 spiro atoms. The molecule has 0 fully saturated rings. The van der Waals surface area contributed by atoms with Crippen LogP contribution in [0.25, 0.3) is 0 Å². The Morgan fingerprint density at radius 1 is 1.21 bits per heavy atom. The molecule has 3 heteroatoms. The smallest absolute Gasteiger partial charge is 0.119 e. The Morgan fingerprint density at radius 3 is 2.37 bits per heavy atom. The van der Waals surface area contributed by atoms with Gasteiger partial charge in [0.15, 0.2) is 0 Å². The molecular weight excluding hydrogens is 236 g/mol. The number of nitrogens with zero attached hydrogens (tertiary/aromatic N) is 2. The van der Waals surface area contributed by atoms with Gasteiger partial charge >= 0.3 is 0 Å². The van der Waals surface area contributed by atoms with Crippen molar-refractivity contribution < 1.29 is 4.74 Å². The van der Waals surface area contributed by atoms with Gasteiger partial charge in [0, 0.05) is 12.6 Å². The minimum absolute atomic E-state index is 0.593. The van der Waals surface area contributed by atoms with Crippen LogP contribution in [0.1, 0.15) is 32.8 Å². The molecule has 104 valence electrons. The van der Waals surface area contributed by atoms with E-state index in [1.807, 2.05) is 12.1 Å². The first-order chi connectivity index (χ1) is 9.04. The van der Waals surface area contributed by atoms with Crippen molar-refractivity contribution in [1.29, 1.82) is 5.26 Å². The fraction of sp³-hybridized carbons (Fsp3) is 0.562. The topological polar surface area (TPSA) is 36.3 Å². The Labute approximate surface area is 116 Å². The summed E-state index contributed by atoms with van der Waals surface area (Å²) in [7, 11) is 2.16. The van der Waals surface area contributed by atoms with Crippen molar-refractivity contribution in [2.75, 3.05) is 20.2 Å². The quantitative estimate of drug-likeness (QED) is 0.706. The average molecular weight is 260 g/mol. The van der Waals surface area contributed by atoms with Crippen molar-refractivity contribution in [1.82, 2.24) is 4.90 Å². The summed E-state index contributed by atoms with van der Waals surface area (Å²) >= 11 is 0. The van der Waals surface area contributed by atoms with Crippen LogP contribution in [-0.2, 0) is 0 Å². The second kappa shape index (κ2) is 7.81. The second-order valence-electron chi connectivity index (χ2n) is 5.30. The lowest BCUT2D eigenvalue weighted by molar-refractivity contribution is 0.189. The van der Waals surface area contributed by atoms with Crippen LogP contribution in [-0.4, -0.2) is 31.1 Å². The fourth-order valence-electron chi connectivity index (χ4n) is 1.84. The molecule has 19 heavy (non-hydrogen) atoms. The molecule has 0 radical (unpaired) electrons. The average Bonchev–Trinajstić information content (AvgIpc) is 2.43. The summed E-state index contributed by atoms with van der Waals surface area (Å²) in [5.74, 6) is 1.50. The van der Waals surface area contributed by atoms with Gasteiger partial charge in [0.2, 0.25) is 0 Å². The molecule has 0 heterocycles. The van der Waals surface area contributed by atoms with Crippen LogP contribution in [0.4, 0.5) is 0 Å². The number of hydrogen-bond acceptors (Lipinski definition) is 3. The van der Waals surface area contributed by atoms with Crippen molar-refractivity contribution in [2.24, 2.45) is 5.92 Å². The van der Waals surface area contributed by atoms with Crippen LogP contribution in [0, 0.1) is 17.2 Å². The summed E-state index contributed by atoms with van der Waals surface area (Å²) in [6, 6.07) is 9.94. The van der Waals surface area contributed by atoms with Gasteiger partial charge in [-0.1, -0.05) is 13.8 Å². The van der Waals surface area contributed by atoms with Gasteiger partial charge in [0.25, 0.3) is 0 Å². The molecule has 1 aromatic rings. The third-order valence-electron chi connectivity index (χ3n) is 3.57. The minimum Gasteiger partial charge on any atom is -0.494 e. The lowest BCUT2D eigenvalue weighted by atomic mass is 10.1. The van der Waals surface area contributed by atoms with E-state index >= 15 is 0 Å². The summed E-state index contributed by atoms with van der Waals surface area (Å²) in [6.45, 7) is 8.49. The highest BCUT2D eigenvalue weighted by molar-refractivity contribution is 5.34. The number of ether oxygens (including phenoxy) is 1. The van der Waals surface area contributed by atoms with Crippen LogP contribution in [0.2, 0.25) is 0 Å². The molecule has 0 N–H and O–H groups in total. The van der Waals surface area contributed by atoms with Gasteiger partial charge in [-0.3, -0.25) is 0 Å². The maximum Gasteiger partial charge on any atom is 0.119 e. The van der Waals surface area contributed by atoms with Gasteiger partial charge in [0.05, 0.1) is 18.2 Å². The molecule has 3 nitrogen and oxygen atoms in total. The summed E-state index contributed by atoms with van der Waals surface area (Å²) in [4.78, 5) is 2.37. The summed E-state index contributed by atoms with van der Waals surface area (Å²) in [5.41, 5.74) is 0.665. The molecular formula is C16H24N2O. The van der Waals surface area contributed by atoms with Gasteiger partial charge in [-0.25, -0.2) is 0 Å². The van der Waals surface area contributed by atoms with Gasteiger partial charge in [0.1, 0.15) is 5.75 Å². The van der Waals surface area contributed by atoms with E-state index in [-0.39, 0.29) is 0 Å². The molecule has 0 amide bonds. The van der Waals surface area contributed by atoms with Crippen molar-refractivity contribution in [3.8, 4) is 11.8 Å². The molecule has 0 saturated heterocycles. The van der Waals surface area contributed by atoms with E-state index in [1.165, 1.54) is 0 Å². The number of benzene rings is 1. The van der Waals surface area contributed by atoms with E-state index in [9.17, 15) is 0 Å². The molecule has 0 aromatic heterocycles. The first-order valence-electron chi connectivity index (χ1n) is 6.87. The molecule has 0 bridgehead atoms. The molecule has 0 saturated carbocycles.